The third-order valence-corrected chi connectivity index (χ3v) is 4.83. The Morgan fingerprint density at radius 2 is 2.00 bits per heavy atom. The molecule has 0 bridgehead atoms. The molecule has 0 fully saturated rings. The fourth-order valence-corrected chi connectivity index (χ4v) is 3.23. The van der Waals surface area contributed by atoms with E-state index in [1.807, 2.05) is 6.07 Å². The van der Waals surface area contributed by atoms with Crippen molar-refractivity contribution in [3.63, 3.8) is 0 Å². The maximum atomic E-state index is 5.93. The molecule has 9 heteroatoms. The van der Waals surface area contributed by atoms with Crippen molar-refractivity contribution < 1.29 is 0 Å². The van der Waals surface area contributed by atoms with Gasteiger partial charge in [0.25, 0.3) is 0 Å². The number of nitrogens with zero attached hydrogens (tertiary/aromatic N) is 5. The molecule has 1 aromatic carbocycles. The molecule has 144 valence electrons. The van der Waals surface area contributed by atoms with Gasteiger partial charge in [-0.05, 0) is 30.8 Å². The number of H-pyrrole nitrogens is 2. The van der Waals surface area contributed by atoms with E-state index in [2.05, 4.69) is 61.3 Å². The van der Waals surface area contributed by atoms with Gasteiger partial charge in [0.2, 0.25) is 0 Å². The Morgan fingerprint density at radius 1 is 1.14 bits per heavy atom. The fraction of sp³-hybridized carbons (Fsp3) is 0.263. The summed E-state index contributed by atoms with van der Waals surface area (Å²) in [4.78, 5) is 18.5. The van der Waals surface area contributed by atoms with Crippen LogP contribution in [-0.2, 0) is 6.54 Å². The van der Waals surface area contributed by atoms with Gasteiger partial charge in [0.05, 0.1) is 22.9 Å². The van der Waals surface area contributed by atoms with E-state index in [-0.39, 0.29) is 0 Å². The highest BCUT2D eigenvalue weighted by molar-refractivity contribution is 6.29. The number of halogens is 1. The van der Waals surface area contributed by atoms with Crippen molar-refractivity contribution in [2.75, 3.05) is 18.4 Å². The minimum atomic E-state index is 0.368. The summed E-state index contributed by atoms with van der Waals surface area (Å²) in [6.07, 6.45) is 3.09. The standard InChI is InChI=1S/C19H21ClN8/c1-3-28(4-2)10-12-5-6-13-14(7-12)26-19(25-13)18-15(9-23-27-18)24-17-8-16(20)21-11-22-17/h5-9,11H,3-4,10H2,1-2H3,(H,23,27)(H,25,26)(H,21,22,24). The second kappa shape index (κ2) is 7.95. The molecule has 4 aromatic rings. The molecule has 3 N–H and O–H groups in total. The Morgan fingerprint density at radius 3 is 2.79 bits per heavy atom. The number of nitrogens with one attached hydrogen (secondary N) is 3. The predicted molar refractivity (Wildman–Crippen MR) is 111 cm³/mol. The van der Waals surface area contributed by atoms with Gasteiger partial charge in [-0.25, -0.2) is 15.0 Å². The highest BCUT2D eigenvalue weighted by Gasteiger charge is 2.14. The molecule has 0 saturated heterocycles. The summed E-state index contributed by atoms with van der Waals surface area (Å²) in [7, 11) is 0. The number of aromatic amines is 2. The maximum Gasteiger partial charge on any atom is 0.158 e. The number of hydrogen-bond acceptors (Lipinski definition) is 6. The van der Waals surface area contributed by atoms with Crippen molar-refractivity contribution in [2.24, 2.45) is 0 Å². The lowest BCUT2D eigenvalue weighted by Crippen LogP contribution is -2.21. The first-order chi connectivity index (χ1) is 13.7. The molecular weight excluding hydrogens is 376 g/mol. The van der Waals surface area contributed by atoms with Gasteiger partial charge in [-0.3, -0.25) is 10.00 Å². The molecule has 8 nitrogen and oxygen atoms in total. The smallest absolute Gasteiger partial charge is 0.158 e. The van der Waals surface area contributed by atoms with Crippen LogP contribution in [0.5, 0.6) is 0 Å². The van der Waals surface area contributed by atoms with Crippen LogP contribution < -0.4 is 5.32 Å². The van der Waals surface area contributed by atoms with E-state index in [4.69, 9.17) is 16.6 Å². The van der Waals surface area contributed by atoms with Crippen molar-refractivity contribution >= 4 is 34.1 Å². The minimum absolute atomic E-state index is 0.368. The predicted octanol–water partition coefficient (Wildman–Crippen LogP) is 3.98. The van der Waals surface area contributed by atoms with E-state index in [0.29, 0.717) is 16.8 Å². The number of imidazole rings is 1. The SMILES string of the molecule is CCN(CC)Cc1ccc2nc(-c3[nH]ncc3Nc3cc(Cl)ncn3)[nH]c2c1. The van der Waals surface area contributed by atoms with Gasteiger partial charge in [0.15, 0.2) is 5.82 Å². The van der Waals surface area contributed by atoms with Crippen LogP contribution in [0.2, 0.25) is 5.15 Å². The van der Waals surface area contributed by atoms with E-state index in [0.717, 1.165) is 42.0 Å². The largest absolute Gasteiger partial charge is 0.337 e. The number of fused-ring (bicyclic) bond motifs is 1. The topological polar surface area (TPSA) is 98.4 Å². The molecule has 0 amide bonds. The van der Waals surface area contributed by atoms with Gasteiger partial charge in [-0.15, -0.1) is 0 Å². The molecule has 0 saturated carbocycles. The van der Waals surface area contributed by atoms with Gasteiger partial charge in [-0.1, -0.05) is 31.5 Å². The summed E-state index contributed by atoms with van der Waals surface area (Å²) in [5.74, 6) is 1.29. The van der Waals surface area contributed by atoms with Crippen LogP contribution >= 0.6 is 11.6 Å². The van der Waals surface area contributed by atoms with E-state index < -0.39 is 0 Å². The summed E-state index contributed by atoms with van der Waals surface area (Å²) < 4.78 is 0. The fourth-order valence-electron chi connectivity index (χ4n) is 3.08. The van der Waals surface area contributed by atoms with Gasteiger partial charge in [0.1, 0.15) is 23.0 Å². The zero-order valence-electron chi connectivity index (χ0n) is 15.7. The lowest BCUT2D eigenvalue weighted by Gasteiger charge is -2.17. The number of anilines is 2. The Bertz CT molecular complexity index is 1080. The van der Waals surface area contributed by atoms with Crippen LogP contribution in [0.4, 0.5) is 11.5 Å². The van der Waals surface area contributed by atoms with E-state index in [1.54, 1.807) is 12.3 Å². The van der Waals surface area contributed by atoms with Gasteiger partial charge in [-0.2, -0.15) is 5.10 Å². The van der Waals surface area contributed by atoms with E-state index in [9.17, 15) is 0 Å². The minimum Gasteiger partial charge on any atom is -0.337 e. The van der Waals surface area contributed by atoms with Crippen LogP contribution in [0.15, 0.2) is 36.8 Å². The Labute approximate surface area is 167 Å². The third kappa shape index (κ3) is 3.83. The summed E-state index contributed by atoms with van der Waals surface area (Å²) >= 11 is 5.93. The van der Waals surface area contributed by atoms with Crippen LogP contribution in [-0.4, -0.2) is 48.1 Å². The number of aromatic nitrogens is 6. The molecule has 3 heterocycles. The van der Waals surface area contributed by atoms with E-state index >= 15 is 0 Å². The molecule has 0 aliphatic carbocycles. The molecule has 0 aliphatic heterocycles. The molecule has 0 atom stereocenters. The van der Waals surface area contributed by atoms with Crippen LogP contribution in [0.1, 0.15) is 19.4 Å². The average Bonchev–Trinajstić information content (AvgIpc) is 3.32. The van der Waals surface area contributed by atoms with Crippen LogP contribution in [0.25, 0.3) is 22.6 Å². The Hall–Kier alpha value is -2.97. The zero-order valence-corrected chi connectivity index (χ0v) is 16.5. The number of rotatable bonds is 7. The molecule has 28 heavy (non-hydrogen) atoms. The lowest BCUT2D eigenvalue weighted by molar-refractivity contribution is 0.296. The first-order valence-corrected chi connectivity index (χ1v) is 9.53. The second-order valence-corrected chi connectivity index (χ2v) is 6.80. The zero-order chi connectivity index (χ0) is 19.5. The molecule has 3 aromatic heterocycles. The van der Waals surface area contributed by atoms with Crippen LogP contribution in [0.3, 0.4) is 0 Å². The van der Waals surface area contributed by atoms with Gasteiger partial charge < -0.3 is 10.3 Å². The Balaban J connectivity index is 1.62. The second-order valence-electron chi connectivity index (χ2n) is 6.41. The first-order valence-electron chi connectivity index (χ1n) is 9.15. The monoisotopic (exact) mass is 396 g/mol. The van der Waals surface area contributed by atoms with Crippen molar-refractivity contribution in [3.8, 4) is 11.5 Å². The Kier molecular flexibility index (Phi) is 5.23. The first kappa shape index (κ1) is 18.4. The summed E-state index contributed by atoms with van der Waals surface area (Å²) in [5.41, 5.74) is 4.65. The quantitative estimate of drug-likeness (QED) is 0.409. The molecule has 0 aliphatic rings. The summed E-state index contributed by atoms with van der Waals surface area (Å²) in [6, 6.07) is 7.97. The van der Waals surface area contributed by atoms with Crippen molar-refractivity contribution in [2.45, 2.75) is 20.4 Å². The van der Waals surface area contributed by atoms with E-state index in [1.165, 1.54) is 11.9 Å². The third-order valence-electron chi connectivity index (χ3n) is 4.62. The lowest BCUT2D eigenvalue weighted by atomic mass is 10.2. The maximum absolute atomic E-state index is 5.93. The molecule has 0 spiro atoms. The molecule has 4 rings (SSSR count). The summed E-state index contributed by atoms with van der Waals surface area (Å²) in [5, 5.41) is 10.7. The molecular formula is C19H21ClN8. The summed E-state index contributed by atoms with van der Waals surface area (Å²) in [6.45, 7) is 7.32. The van der Waals surface area contributed by atoms with Crippen molar-refractivity contribution in [3.05, 3.63) is 47.5 Å². The normalized spacial score (nSPS) is 11.4. The van der Waals surface area contributed by atoms with Crippen LogP contribution in [0, 0.1) is 0 Å². The highest BCUT2D eigenvalue weighted by Crippen LogP contribution is 2.28. The molecule has 0 unspecified atom stereocenters. The number of hydrogen-bond donors (Lipinski definition) is 3. The van der Waals surface area contributed by atoms with Gasteiger partial charge in [0, 0.05) is 12.6 Å². The highest BCUT2D eigenvalue weighted by atomic mass is 35.5. The van der Waals surface area contributed by atoms with Crippen molar-refractivity contribution in [1.29, 1.82) is 0 Å². The van der Waals surface area contributed by atoms with Gasteiger partial charge >= 0.3 is 0 Å². The molecule has 0 radical (unpaired) electrons. The average molecular weight is 397 g/mol. The van der Waals surface area contributed by atoms with Crippen molar-refractivity contribution in [1.82, 2.24) is 35.0 Å². The number of benzene rings is 1.